The molecule has 6 heteroatoms. The van der Waals surface area contributed by atoms with E-state index >= 15 is 0 Å². The fourth-order valence-electron chi connectivity index (χ4n) is 2.26. The van der Waals surface area contributed by atoms with Gasteiger partial charge in [-0.15, -0.1) is 0 Å². The number of carbonyl (C=O) groups is 1. The number of urea groups is 1. The molecule has 0 atom stereocenters. The second-order valence-corrected chi connectivity index (χ2v) is 5.47. The van der Waals surface area contributed by atoms with Gasteiger partial charge in [-0.1, -0.05) is 12.1 Å². The lowest BCUT2D eigenvalue weighted by Crippen LogP contribution is -2.54. The van der Waals surface area contributed by atoms with E-state index in [0.717, 1.165) is 18.4 Å². The highest BCUT2D eigenvalue weighted by atomic mass is 16.6. The molecular weight excluding hydrogens is 258 g/mol. The summed E-state index contributed by atoms with van der Waals surface area (Å²) in [6.45, 7) is 2.56. The van der Waals surface area contributed by atoms with Gasteiger partial charge in [-0.05, 0) is 38.2 Å². The Labute approximate surface area is 117 Å². The van der Waals surface area contributed by atoms with Crippen molar-refractivity contribution in [3.8, 4) is 0 Å². The molecule has 1 aliphatic rings. The van der Waals surface area contributed by atoms with Crippen LogP contribution < -0.4 is 10.6 Å². The zero-order valence-corrected chi connectivity index (χ0v) is 11.5. The summed E-state index contributed by atoms with van der Waals surface area (Å²) < 4.78 is 0. The molecule has 1 aromatic carbocycles. The van der Waals surface area contributed by atoms with Crippen molar-refractivity contribution in [3.05, 3.63) is 39.9 Å². The van der Waals surface area contributed by atoms with Crippen molar-refractivity contribution in [1.29, 1.82) is 0 Å². The van der Waals surface area contributed by atoms with Gasteiger partial charge >= 0.3 is 6.03 Å². The zero-order valence-electron chi connectivity index (χ0n) is 11.5. The van der Waals surface area contributed by atoms with Crippen molar-refractivity contribution in [3.63, 3.8) is 0 Å². The fraction of sp³-hybridized carbons (Fsp3) is 0.500. The van der Waals surface area contributed by atoms with E-state index in [1.807, 2.05) is 6.92 Å². The molecule has 0 radical (unpaired) electrons. The number of benzene rings is 1. The van der Waals surface area contributed by atoms with Crippen molar-refractivity contribution in [2.75, 3.05) is 6.54 Å². The molecule has 0 aliphatic heterocycles. The molecule has 1 aromatic rings. The lowest BCUT2D eigenvalue weighted by Gasteiger charge is -2.39. The number of nitro groups is 1. The smallest absolute Gasteiger partial charge is 0.315 e. The Hall–Kier alpha value is -2.11. The first-order valence-electron chi connectivity index (χ1n) is 6.78. The van der Waals surface area contributed by atoms with Gasteiger partial charge in [-0.3, -0.25) is 10.1 Å². The van der Waals surface area contributed by atoms with Crippen LogP contribution in [0.3, 0.4) is 0 Å². The molecule has 2 N–H and O–H groups in total. The Kier molecular flexibility index (Phi) is 4.22. The lowest BCUT2D eigenvalue weighted by molar-refractivity contribution is -0.384. The van der Waals surface area contributed by atoms with Crippen molar-refractivity contribution < 1.29 is 9.72 Å². The number of hydrogen-bond acceptors (Lipinski definition) is 3. The van der Waals surface area contributed by atoms with E-state index in [9.17, 15) is 14.9 Å². The molecular formula is C14H19N3O3. The summed E-state index contributed by atoms with van der Waals surface area (Å²) in [6.07, 6.45) is 3.88. The number of non-ortho nitro benzene ring substituents is 1. The van der Waals surface area contributed by atoms with Crippen LogP contribution in [0.2, 0.25) is 0 Å². The van der Waals surface area contributed by atoms with Crippen LogP contribution in [0.15, 0.2) is 24.3 Å². The lowest BCUT2D eigenvalue weighted by atomic mass is 9.79. The highest BCUT2D eigenvalue weighted by Gasteiger charge is 2.32. The number of hydrogen-bond donors (Lipinski definition) is 2. The van der Waals surface area contributed by atoms with Gasteiger partial charge in [0.15, 0.2) is 0 Å². The molecule has 2 amide bonds. The Morgan fingerprint density at radius 1 is 1.35 bits per heavy atom. The van der Waals surface area contributed by atoms with Crippen LogP contribution >= 0.6 is 0 Å². The molecule has 20 heavy (non-hydrogen) atoms. The molecule has 6 nitrogen and oxygen atoms in total. The number of nitro benzene ring substituents is 1. The van der Waals surface area contributed by atoms with Crippen LogP contribution in [0, 0.1) is 10.1 Å². The molecule has 0 bridgehead atoms. The molecule has 0 aromatic heterocycles. The van der Waals surface area contributed by atoms with Crippen LogP contribution in [0.5, 0.6) is 0 Å². The molecule has 0 spiro atoms. The quantitative estimate of drug-likeness (QED) is 0.640. The van der Waals surface area contributed by atoms with E-state index in [0.29, 0.717) is 13.0 Å². The summed E-state index contributed by atoms with van der Waals surface area (Å²) in [5.41, 5.74) is 1.00. The topological polar surface area (TPSA) is 84.3 Å². The largest absolute Gasteiger partial charge is 0.338 e. The summed E-state index contributed by atoms with van der Waals surface area (Å²) in [5, 5.41) is 16.3. The monoisotopic (exact) mass is 277 g/mol. The predicted octanol–water partition coefficient (Wildman–Crippen LogP) is 2.38. The van der Waals surface area contributed by atoms with Crippen molar-refractivity contribution in [2.45, 2.75) is 38.1 Å². The maximum atomic E-state index is 11.7. The highest BCUT2D eigenvalue weighted by Crippen LogP contribution is 2.30. The normalized spacial score (nSPS) is 16.1. The van der Waals surface area contributed by atoms with Crippen LogP contribution in [0.25, 0.3) is 0 Å². The van der Waals surface area contributed by atoms with Crippen LogP contribution in [-0.2, 0) is 6.42 Å². The van der Waals surface area contributed by atoms with Crippen LogP contribution in [0.4, 0.5) is 10.5 Å². The van der Waals surface area contributed by atoms with Gasteiger partial charge in [0.05, 0.1) is 4.92 Å². The van der Waals surface area contributed by atoms with Crippen molar-refractivity contribution >= 4 is 11.7 Å². The Bertz CT molecular complexity index is 495. The van der Waals surface area contributed by atoms with Gasteiger partial charge in [-0.25, -0.2) is 4.79 Å². The van der Waals surface area contributed by atoms with Gasteiger partial charge in [0.1, 0.15) is 0 Å². The van der Waals surface area contributed by atoms with Gasteiger partial charge in [-0.2, -0.15) is 0 Å². The number of rotatable bonds is 5. The van der Waals surface area contributed by atoms with E-state index in [2.05, 4.69) is 10.6 Å². The van der Waals surface area contributed by atoms with Crippen LogP contribution in [-0.4, -0.2) is 23.0 Å². The summed E-state index contributed by atoms with van der Waals surface area (Å²) in [6, 6.07) is 6.24. The molecule has 0 heterocycles. The third-order valence-electron chi connectivity index (χ3n) is 3.72. The van der Waals surface area contributed by atoms with Crippen molar-refractivity contribution in [1.82, 2.24) is 10.6 Å². The van der Waals surface area contributed by atoms with Gasteiger partial charge in [0.25, 0.3) is 5.69 Å². The average Bonchev–Trinajstić information content (AvgIpc) is 2.37. The summed E-state index contributed by atoms with van der Waals surface area (Å²) in [7, 11) is 0. The first-order valence-corrected chi connectivity index (χ1v) is 6.78. The Morgan fingerprint density at radius 3 is 2.50 bits per heavy atom. The zero-order chi connectivity index (χ0) is 14.6. The van der Waals surface area contributed by atoms with E-state index in [-0.39, 0.29) is 17.3 Å². The molecule has 0 unspecified atom stereocenters. The van der Waals surface area contributed by atoms with Gasteiger partial charge in [0, 0.05) is 24.2 Å². The standard InChI is InChI=1S/C14H19N3O3/c1-14(8-2-9-14)16-13(18)15-10-7-11-3-5-12(6-4-11)17(19)20/h3-6H,2,7-10H2,1H3,(H2,15,16,18). The van der Waals surface area contributed by atoms with E-state index in [1.165, 1.54) is 18.6 Å². The maximum absolute atomic E-state index is 11.7. The number of carbonyl (C=O) groups excluding carboxylic acids is 1. The Morgan fingerprint density at radius 2 is 2.00 bits per heavy atom. The molecule has 1 aliphatic carbocycles. The van der Waals surface area contributed by atoms with E-state index in [1.54, 1.807) is 12.1 Å². The maximum Gasteiger partial charge on any atom is 0.315 e. The van der Waals surface area contributed by atoms with Gasteiger partial charge in [0.2, 0.25) is 0 Å². The molecule has 1 fully saturated rings. The minimum atomic E-state index is -0.422. The summed E-state index contributed by atoms with van der Waals surface area (Å²) >= 11 is 0. The predicted molar refractivity (Wildman–Crippen MR) is 75.6 cm³/mol. The first kappa shape index (κ1) is 14.3. The second kappa shape index (κ2) is 5.90. The molecule has 108 valence electrons. The number of nitrogens with zero attached hydrogens (tertiary/aromatic N) is 1. The average molecular weight is 277 g/mol. The second-order valence-electron chi connectivity index (χ2n) is 5.47. The Balaban J connectivity index is 1.72. The third kappa shape index (κ3) is 3.69. The summed E-state index contributed by atoms with van der Waals surface area (Å²) in [4.78, 5) is 21.8. The van der Waals surface area contributed by atoms with Crippen molar-refractivity contribution in [2.24, 2.45) is 0 Å². The van der Waals surface area contributed by atoms with Gasteiger partial charge < -0.3 is 10.6 Å². The van der Waals surface area contributed by atoms with E-state index < -0.39 is 4.92 Å². The molecule has 1 saturated carbocycles. The SMILES string of the molecule is CC1(NC(=O)NCCc2ccc([N+](=O)[O-])cc2)CCC1. The first-order chi connectivity index (χ1) is 9.48. The fourth-order valence-corrected chi connectivity index (χ4v) is 2.26. The minimum Gasteiger partial charge on any atom is -0.338 e. The molecule has 2 rings (SSSR count). The summed E-state index contributed by atoms with van der Waals surface area (Å²) in [5.74, 6) is 0. The molecule has 0 saturated heterocycles. The highest BCUT2D eigenvalue weighted by molar-refractivity contribution is 5.74. The number of nitrogens with one attached hydrogen (secondary N) is 2. The minimum absolute atomic E-state index is 0.0442. The third-order valence-corrected chi connectivity index (χ3v) is 3.72. The van der Waals surface area contributed by atoms with E-state index in [4.69, 9.17) is 0 Å². The number of amides is 2. The van der Waals surface area contributed by atoms with Crippen LogP contribution in [0.1, 0.15) is 31.7 Å².